The molecule has 1 aliphatic rings. The lowest BCUT2D eigenvalue weighted by atomic mass is 10.2. The lowest BCUT2D eigenvalue weighted by Gasteiger charge is -2.27. The summed E-state index contributed by atoms with van der Waals surface area (Å²) in [5.41, 5.74) is 2.22. The summed E-state index contributed by atoms with van der Waals surface area (Å²) in [4.78, 5) is 2.44. The fourth-order valence-electron chi connectivity index (χ4n) is 2.14. The fraction of sp³-hybridized carbons (Fsp3) is 0.455. The van der Waals surface area contributed by atoms with Gasteiger partial charge in [-0.15, -0.1) is 10.2 Å². The highest BCUT2D eigenvalue weighted by Gasteiger charge is 2.12. The summed E-state index contributed by atoms with van der Waals surface area (Å²) in [6.07, 6.45) is 3.73. The van der Waals surface area contributed by atoms with Gasteiger partial charge in [-0.2, -0.15) is 0 Å². The van der Waals surface area contributed by atoms with Crippen molar-refractivity contribution in [2.75, 3.05) is 26.2 Å². The zero-order valence-electron chi connectivity index (χ0n) is 9.13. The van der Waals surface area contributed by atoms with Crippen molar-refractivity contribution in [2.45, 2.75) is 6.54 Å². The Kier molecular flexibility index (Phi) is 2.55. The van der Waals surface area contributed by atoms with Gasteiger partial charge in [-0.1, -0.05) is 6.07 Å². The van der Waals surface area contributed by atoms with Crippen molar-refractivity contribution in [1.29, 1.82) is 0 Å². The Hall–Kier alpha value is -1.46. The van der Waals surface area contributed by atoms with Crippen LogP contribution in [0.4, 0.5) is 0 Å². The lowest BCUT2D eigenvalue weighted by molar-refractivity contribution is 0.233. The van der Waals surface area contributed by atoms with Gasteiger partial charge in [0.25, 0.3) is 0 Å². The Labute approximate surface area is 94.1 Å². The van der Waals surface area contributed by atoms with E-state index in [0.717, 1.165) is 38.4 Å². The molecule has 2 aromatic rings. The van der Waals surface area contributed by atoms with Gasteiger partial charge in [0, 0.05) is 44.5 Å². The number of nitrogens with zero attached hydrogens (tertiary/aromatic N) is 4. The summed E-state index contributed by atoms with van der Waals surface area (Å²) in [7, 11) is 0. The van der Waals surface area contributed by atoms with Crippen LogP contribution in [0.2, 0.25) is 0 Å². The van der Waals surface area contributed by atoms with Crippen LogP contribution in [-0.2, 0) is 6.54 Å². The molecule has 0 aromatic carbocycles. The maximum atomic E-state index is 4.15. The normalized spacial score (nSPS) is 18.0. The third-order valence-corrected chi connectivity index (χ3v) is 3.01. The van der Waals surface area contributed by atoms with Gasteiger partial charge >= 0.3 is 0 Å². The third kappa shape index (κ3) is 1.79. The van der Waals surface area contributed by atoms with Crippen LogP contribution in [-0.4, -0.2) is 45.7 Å². The van der Waals surface area contributed by atoms with Crippen LogP contribution in [0.25, 0.3) is 5.65 Å². The molecule has 3 heterocycles. The zero-order chi connectivity index (χ0) is 10.8. The summed E-state index contributed by atoms with van der Waals surface area (Å²) in [6, 6.07) is 4.18. The molecule has 16 heavy (non-hydrogen) atoms. The zero-order valence-corrected chi connectivity index (χ0v) is 9.13. The first-order valence-electron chi connectivity index (χ1n) is 5.64. The predicted octanol–water partition coefficient (Wildman–Crippen LogP) is 0.134. The summed E-state index contributed by atoms with van der Waals surface area (Å²) in [5, 5.41) is 11.4. The number of pyridine rings is 1. The summed E-state index contributed by atoms with van der Waals surface area (Å²) >= 11 is 0. The molecule has 3 rings (SSSR count). The first-order valence-corrected chi connectivity index (χ1v) is 5.64. The van der Waals surface area contributed by atoms with Crippen molar-refractivity contribution in [3.63, 3.8) is 0 Å². The van der Waals surface area contributed by atoms with Gasteiger partial charge in [0.1, 0.15) is 6.33 Å². The number of nitrogens with one attached hydrogen (secondary N) is 1. The Bertz CT molecular complexity index is 472. The van der Waals surface area contributed by atoms with Gasteiger partial charge in [-0.3, -0.25) is 9.30 Å². The van der Waals surface area contributed by atoms with E-state index in [1.165, 1.54) is 5.56 Å². The highest BCUT2D eigenvalue weighted by atomic mass is 15.2. The van der Waals surface area contributed by atoms with E-state index in [-0.39, 0.29) is 0 Å². The van der Waals surface area contributed by atoms with E-state index in [4.69, 9.17) is 0 Å². The van der Waals surface area contributed by atoms with E-state index < -0.39 is 0 Å². The molecule has 0 radical (unpaired) electrons. The highest BCUT2D eigenvalue weighted by molar-refractivity contribution is 5.46. The average molecular weight is 217 g/mol. The Morgan fingerprint density at radius 3 is 3.06 bits per heavy atom. The number of hydrogen-bond donors (Lipinski definition) is 1. The van der Waals surface area contributed by atoms with Crippen LogP contribution in [0.15, 0.2) is 24.7 Å². The summed E-state index contributed by atoms with van der Waals surface area (Å²) < 4.78 is 1.97. The second-order valence-electron chi connectivity index (χ2n) is 4.12. The molecule has 5 nitrogen and oxygen atoms in total. The lowest BCUT2D eigenvalue weighted by Crippen LogP contribution is -2.42. The van der Waals surface area contributed by atoms with Crippen molar-refractivity contribution in [3.05, 3.63) is 30.2 Å². The average Bonchev–Trinajstić information content (AvgIpc) is 2.80. The molecule has 1 saturated heterocycles. The molecule has 1 aliphatic heterocycles. The maximum Gasteiger partial charge on any atom is 0.165 e. The third-order valence-electron chi connectivity index (χ3n) is 3.01. The predicted molar refractivity (Wildman–Crippen MR) is 61.1 cm³/mol. The first kappa shape index (κ1) is 9.74. The Morgan fingerprint density at radius 1 is 1.31 bits per heavy atom. The van der Waals surface area contributed by atoms with Crippen molar-refractivity contribution >= 4 is 5.65 Å². The van der Waals surface area contributed by atoms with Gasteiger partial charge < -0.3 is 5.32 Å². The molecule has 0 atom stereocenters. The number of fused-ring (bicyclic) bond motifs is 1. The SMILES string of the molecule is c1cc(CN2CCNCC2)c2nncn2c1. The van der Waals surface area contributed by atoms with Gasteiger partial charge in [0.2, 0.25) is 0 Å². The molecule has 0 spiro atoms. The van der Waals surface area contributed by atoms with E-state index >= 15 is 0 Å². The second kappa shape index (κ2) is 4.19. The van der Waals surface area contributed by atoms with Gasteiger partial charge in [-0.05, 0) is 6.07 Å². The van der Waals surface area contributed by atoms with Gasteiger partial charge in [-0.25, -0.2) is 0 Å². The maximum absolute atomic E-state index is 4.15. The molecule has 0 unspecified atom stereocenters. The van der Waals surface area contributed by atoms with Crippen LogP contribution < -0.4 is 5.32 Å². The molecule has 0 saturated carbocycles. The molecular formula is C11H15N5. The molecule has 5 heteroatoms. The quantitative estimate of drug-likeness (QED) is 0.777. The molecule has 2 aromatic heterocycles. The molecule has 1 N–H and O–H groups in total. The van der Waals surface area contributed by atoms with Crippen molar-refractivity contribution in [1.82, 2.24) is 24.8 Å². The fourth-order valence-corrected chi connectivity index (χ4v) is 2.14. The van der Waals surface area contributed by atoms with Gasteiger partial charge in [0.15, 0.2) is 5.65 Å². The molecule has 0 amide bonds. The largest absolute Gasteiger partial charge is 0.314 e. The van der Waals surface area contributed by atoms with E-state index in [2.05, 4.69) is 26.5 Å². The minimum absolute atomic E-state index is 0.963. The van der Waals surface area contributed by atoms with Crippen LogP contribution >= 0.6 is 0 Å². The monoisotopic (exact) mass is 217 g/mol. The van der Waals surface area contributed by atoms with Crippen LogP contribution in [0.5, 0.6) is 0 Å². The second-order valence-corrected chi connectivity index (χ2v) is 4.12. The molecular weight excluding hydrogens is 202 g/mol. The summed E-state index contributed by atoms with van der Waals surface area (Å²) in [5.74, 6) is 0. The topological polar surface area (TPSA) is 45.5 Å². The molecule has 1 fully saturated rings. The van der Waals surface area contributed by atoms with Gasteiger partial charge in [0.05, 0.1) is 0 Å². The number of hydrogen-bond acceptors (Lipinski definition) is 4. The number of rotatable bonds is 2. The van der Waals surface area contributed by atoms with E-state index in [1.54, 1.807) is 6.33 Å². The Morgan fingerprint density at radius 2 is 2.19 bits per heavy atom. The highest BCUT2D eigenvalue weighted by Crippen LogP contribution is 2.10. The number of piperazine rings is 1. The van der Waals surface area contributed by atoms with Crippen molar-refractivity contribution < 1.29 is 0 Å². The summed E-state index contributed by atoms with van der Waals surface area (Å²) in [6.45, 7) is 5.33. The van der Waals surface area contributed by atoms with Crippen LogP contribution in [0.3, 0.4) is 0 Å². The van der Waals surface area contributed by atoms with E-state index in [1.807, 2.05) is 16.7 Å². The Balaban J connectivity index is 1.85. The van der Waals surface area contributed by atoms with E-state index in [0.29, 0.717) is 0 Å². The van der Waals surface area contributed by atoms with E-state index in [9.17, 15) is 0 Å². The van der Waals surface area contributed by atoms with Crippen molar-refractivity contribution in [3.8, 4) is 0 Å². The standard InChI is InChI=1S/C11H15N5/c1-2-10(8-15-6-3-12-4-7-15)11-14-13-9-16(11)5-1/h1-2,5,9,12H,3-4,6-8H2. The van der Waals surface area contributed by atoms with Crippen LogP contribution in [0, 0.1) is 0 Å². The van der Waals surface area contributed by atoms with Crippen molar-refractivity contribution in [2.24, 2.45) is 0 Å². The van der Waals surface area contributed by atoms with Crippen LogP contribution in [0.1, 0.15) is 5.56 Å². The molecule has 0 bridgehead atoms. The minimum atomic E-state index is 0.963. The smallest absolute Gasteiger partial charge is 0.165 e. The molecule has 84 valence electrons. The number of aromatic nitrogens is 3. The first-order chi connectivity index (χ1) is 7.93. The minimum Gasteiger partial charge on any atom is -0.314 e. The molecule has 0 aliphatic carbocycles.